The lowest BCUT2D eigenvalue weighted by molar-refractivity contribution is -0.145. The van der Waals surface area contributed by atoms with Gasteiger partial charge in [0.25, 0.3) is 0 Å². The highest BCUT2D eigenvalue weighted by Crippen LogP contribution is 2.17. The van der Waals surface area contributed by atoms with Gasteiger partial charge in [-0.1, -0.05) is 38.1 Å². The molecule has 128 valence electrons. The molecule has 0 aliphatic rings. The van der Waals surface area contributed by atoms with Crippen LogP contribution >= 0.6 is 0 Å². The molecule has 1 heterocycles. The van der Waals surface area contributed by atoms with Gasteiger partial charge < -0.3 is 10.1 Å². The zero-order valence-electron chi connectivity index (χ0n) is 14.4. The molecule has 0 fully saturated rings. The second kappa shape index (κ2) is 8.43. The first-order chi connectivity index (χ1) is 11.5. The molecule has 0 radical (unpaired) electrons. The lowest BCUT2D eigenvalue weighted by atomic mass is 9.97. The van der Waals surface area contributed by atoms with Gasteiger partial charge >= 0.3 is 5.97 Å². The van der Waals surface area contributed by atoms with Crippen molar-refractivity contribution in [2.75, 3.05) is 13.7 Å². The molecule has 1 amide bonds. The smallest absolute Gasteiger partial charge is 0.310 e. The minimum atomic E-state index is -0.315. The van der Waals surface area contributed by atoms with Crippen molar-refractivity contribution in [3.63, 3.8) is 0 Å². The van der Waals surface area contributed by atoms with Crippen LogP contribution in [0.4, 0.5) is 0 Å². The summed E-state index contributed by atoms with van der Waals surface area (Å²) in [5.74, 6) is -0.362. The van der Waals surface area contributed by atoms with Crippen LogP contribution in [0.5, 0.6) is 0 Å². The van der Waals surface area contributed by atoms with E-state index in [9.17, 15) is 9.59 Å². The van der Waals surface area contributed by atoms with E-state index < -0.39 is 0 Å². The maximum Gasteiger partial charge on any atom is 0.310 e. The number of methoxy groups -OCH3 is 1. The Hall–Kier alpha value is -2.43. The number of nitrogens with zero attached hydrogens (tertiary/aromatic N) is 1. The number of esters is 1. The summed E-state index contributed by atoms with van der Waals surface area (Å²) in [7, 11) is 1.37. The van der Waals surface area contributed by atoms with Crippen LogP contribution in [0.15, 0.2) is 36.5 Å². The summed E-state index contributed by atoms with van der Waals surface area (Å²) in [6.07, 6.45) is 2.65. The summed E-state index contributed by atoms with van der Waals surface area (Å²) in [4.78, 5) is 28.4. The first kappa shape index (κ1) is 17.9. The SMILES string of the molecule is COC(=O)C(CNC(=O)Cc1cccc2cccnc12)CC(C)C. The fourth-order valence-electron chi connectivity index (χ4n) is 2.78. The Morgan fingerprint density at radius 2 is 1.96 bits per heavy atom. The van der Waals surface area contributed by atoms with Gasteiger partial charge in [-0.05, 0) is 24.0 Å². The number of nitrogens with one attached hydrogen (secondary N) is 1. The standard InChI is InChI=1S/C19H24N2O3/c1-13(2)10-16(19(23)24-3)12-21-17(22)11-15-7-4-6-14-8-5-9-20-18(14)15/h4-9,13,16H,10-12H2,1-3H3,(H,21,22). The molecule has 0 aliphatic carbocycles. The highest BCUT2D eigenvalue weighted by atomic mass is 16.5. The van der Waals surface area contributed by atoms with Gasteiger partial charge in [-0.3, -0.25) is 14.6 Å². The van der Waals surface area contributed by atoms with Crippen LogP contribution in [0.2, 0.25) is 0 Å². The summed E-state index contributed by atoms with van der Waals surface area (Å²) < 4.78 is 4.82. The van der Waals surface area contributed by atoms with Crippen molar-refractivity contribution in [1.82, 2.24) is 10.3 Å². The Kier molecular flexibility index (Phi) is 6.29. The lowest BCUT2D eigenvalue weighted by Crippen LogP contribution is -2.35. The van der Waals surface area contributed by atoms with Gasteiger partial charge in [0.05, 0.1) is 25.0 Å². The van der Waals surface area contributed by atoms with Gasteiger partial charge in [0.15, 0.2) is 0 Å². The van der Waals surface area contributed by atoms with E-state index in [-0.39, 0.29) is 24.2 Å². The first-order valence-electron chi connectivity index (χ1n) is 8.18. The Morgan fingerprint density at radius 1 is 1.21 bits per heavy atom. The summed E-state index contributed by atoms with van der Waals surface area (Å²) in [5, 5.41) is 3.86. The molecular weight excluding hydrogens is 304 g/mol. The van der Waals surface area contributed by atoms with Crippen LogP contribution in [0.1, 0.15) is 25.8 Å². The molecule has 1 N–H and O–H groups in total. The average Bonchev–Trinajstić information content (AvgIpc) is 2.58. The fraction of sp³-hybridized carbons (Fsp3) is 0.421. The quantitative estimate of drug-likeness (QED) is 0.794. The molecule has 0 saturated heterocycles. The van der Waals surface area contributed by atoms with Crippen molar-refractivity contribution in [2.24, 2.45) is 11.8 Å². The Labute approximate surface area is 142 Å². The lowest BCUT2D eigenvalue weighted by Gasteiger charge is -2.17. The number of benzene rings is 1. The van der Waals surface area contributed by atoms with Crippen molar-refractivity contribution in [3.8, 4) is 0 Å². The highest BCUT2D eigenvalue weighted by molar-refractivity contribution is 5.87. The second-order valence-electron chi connectivity index (χ2n) is 6.32. The van der Waals surface area contributed by atoms with Crippen molar-refractivity contribution >= 4 is 22.8 Å². The Morgan fingerprint density at radius 3 is 2.67 bits per heavy atom. The van der Waals surface area contributed by atoms with Gasteiger partial charge in [0, 0.05) is 18.1 Å². The molecule has 0 aliphatic heterocycles. The summed E-state index contributed by atoms with van der Waals surface area (Å²) in [5.41, 5.74) is 1.71. The summed E-state index contributed by atoms with van der Waals surface area (Å²) in [6, 6.07) is 9.64. The third kappa shape index (κ3) is 4.78. The van der Waals surface area contributed by atoms with Crippen LogP contribution in [-0.4, -0.2) is 30.5 Å². The van der Waals surface area contributed by atoms with Crippen LogP contribution in [0.25, 0.3) is 10.9 Å². The largest absolute Gasteiger partial charge is 0.469 e. The number of fused-ring (bicyclic) bond motifs is 1. The second-order valence-corrected chi connectivity index (χ2v) is 6.32. The van der Waals surface area contributed by atoms with Gasteiger partial charge in [-0.25, -0.2) is 0 Å². The van der Waals surface area contributed by atoms with Crippen molar-refractivity contribution in [1.29, 1.82) is 0 Å². The predicted octanol–water partition coefficient (Wildman–Crippen LogP) is 2.73. The van der Waals surface area contributed by atoms with Gasteiger partial charge in [-0.15, -0.1) is 0 Å². The molecule has 24 heavy (non-hydrogen) atoms. The number of hydrogen-bond donors (Lipinski definition) is 1. The molecule has 0 saturated carbocycles. The van der Waals surface area contributed by atoms with E-state index in [1.165, 1.54) is 7.11 Å². The molecule has 5 nitrogen and oxygen atoms in total. The Balaban J connectivity index is 2.00. The number of hydrogen-bond acceptors (Lipinski definition) is 4. The van der Waals surface area contributed by atoms with E-state index in [0.29, 0.717) is 18.9 Å². The minimum Gasteiger partial charge on any atom is -0.469 e. The predicted molar refractivity (Wildman–Crippen MR) is 93.4 cm³/mol. The van der Waals surface area contributed by atoms with Crippen LogP contribution in [0.3, 0.4) is 0 Å². The third-order valence-corrected chi connectivity index (χ3v) is 3.90. The van der Waals surface area contributed by atoms with Crippen LogP contribution in [0, 0.1) is 11.8 Å². The zero-order valence-corrected chi connectivity index (χ0v) is 14.4. The van der Waals surface area contributed by atoms with E-state index in [2.05, 4.69) is 10.3 Å². The molecule has 1 unspecified atom stereocenters. The number of rotatable bonds is 7. The van der Waals surface area contributed by atoms with Gasteiger partial charge in [-0.2, -0.15) is 0 Å². The topological polar surface area (TPSA) is 68.3 Å². The molecule has 5 heteroatoms. The normalized spacial score (nSPS) is 12.2. The monoisotopic (exact) mass is 328 g/mol. The van der Waals surface area contributed by atoms with E-state index in [0.717, 1.165) is 16.5 Å². The fourth-order valence-corrected chi connectivity index (χ4v) is 2.78. The molecule has 1 aromatic carbocycles. The molecule has 2 rings (SSSR count). The van der Waals surface area contributed by atoms with Crippen molar-refractivity contribution in [3.05, 3.63) is 42.1 Å². The highest BCUT2D eigenvalue weighted by Gasteiger charge is 2.21. The Bertz CT molecular complexity index is 707. The average molecular weight is 328 g/mol. The van der Waals surface area contributed by atoms with E-state index >= 15 is 0 Å². The van der Waals surface area contributed by atoms with Gasteiger partial charge in [0.1, 0.15) is 0 Å². The third-order valence-electron chi connectivity index (χ3n) is 3.90. The van der Waals surface area contributed by atoms with Crippen molar-refractivity contribution < 1.29 is 14.3 Å². The number of aromatic nitrogens is 1. The zero-order chi connectivity index (χ0) is 17.5. The van der Waals surface area contributed by atoms with E-state index in [4.69, 9.17) is 4.74 Å². The summed E-state index contributed by atoms with van der Waals surface area (Å²) in [6.45, 7) is 4.38. The maximum absolute atomic E-state index is 12.3. The van der Waals surface area contributed by atoms with Crippen LogP contribution < -0.4 is 5.32 Å². The minimum absolute atomic E-state index is 0.120. The number of carbonyl (C=O) groups is 2. The maximum atomic E-state index is 12.3. The van der Waals surface area contributed by atoms with Gasteiger partial charge in [0.2, 0.25) is 5.91 Å². The van der Waals surface area contributed by atoms with Crippen LogP contribution in [-0.2, 0) is 20.7 Å². The number of pyridine rings is 1. The molecule has 1 atom stereocenters. The molecule has 2 aromatic rings. The number of carbonyl (C=O) groups excluding carboxylic acids is 2. The van der Waals surface area contributed by atoms with E-state index in [1.807, 2.05) is 44.2 Å². The van der Waals surface area contributed by atoms with E-state index in [1.54, 1.807) is 6.20 Å². The number of ether oxygens (including phenoxy) is 1. The van der Waals surface area contributed by atoms with Crippen molar-refractivity contribution in [2.45, 2.75) is 26.7 Å². The molecule has 0 spiro atoms. The molecular formula is C19H24N2O3. The number of para-hydroxylation sites is 1. The molecule has 0 bridgehead atoms. The molecule has 1 aromatic heterocycles. The first-order valence-corrected chi connectivity index (χ1v) is 8.18. The summed E-state index contributed by atoms with van der Waals surface area (Å²) >= 11 is 0. The number of amides is 1.